The molecule has 0 spiro atoms. The lowest BCUT2D eigenvalue weighted by Gasteiger charge is -2.13. The number of nitrogens with one attached hydrogen (secondary N) is 2. The first-order valence-corrected chi connectivity index (χ1v) is 13.3. The molecule has 39 heavy (non-hydrogen) atoms. The molecule has 7 aromatic rings. The van der Waals surface area contributed by atoms with Gasteiger partial charge < -0.3 is 10.3 Å². The molecule has 188 valence electrons. The number of hydrogen-bond acceptors (Lipinski definition) is 6. The number of hydrogen-bond donors (Lipinski definition) is 2. The number of fused-ring (bicyclic) bond motifs is 2. The van der Waals surface area contributed by atoms with Crippen LogP contribution in [0.5, 0.6) is 0 Å². The Hall–Kier alpha value is -5.08. The number of H-pyrrole nitrogens is 1. The maximum absolute atomic E-state index is 14.3. The van der Waals surface area contributed by atoms with Gasteiger partial charge in [-0.2, -0.15) is 9.61 Å². The van der Waals surface area contributed by atoms with Crippen LogP contribution in [0.2, 0.25) is 0 Å². The van der Waals surface area contributed by atoms with E-state index in [4.69, 9.17) is 5.10 Å². The Morgan fingerprint density at radius 2 is 1.56 bits per heavy atom. The highest BCUT2D eigenvalue weighted by Gasteiger charge is 2.23. The summed E-state index contributed by atoms with van der Waals surface area (Å²) in [5.74, 6) is 1.17. The SMILES string of the molecule is Cc1nc2ccc(-c3c(Nc4ccccn4)[nH]c4c(-c5ccccc5)c(-c5ccccc5)nn4c3=O)cc2s1. The molecule has 8 heteroatoms. The molecule has 0 aliphatic heterocycles. The van der Waals surface area contributed by atoms with E-state index >= 15 is 0 Å². The molecule has 0 aliphatic rings. The van der Waals surface area contributed by atoms with Gasteiger partial charge in [-0.25, -0.2) is 9.97 Å². The van der Waals surface area contributed by atoms with Crippen LogP contribution in [0.4, 0.5) is 11.6 Å². The van der Waals surface area contributed by atoms with E-state index in [2.05, 4.69) is 20.3 Å². The second-order valence-electron chi connectivity index (χ2n) is 9.15. The molecule has 7 nitrogen and oxygen atoms in total. The molecule has 7 rings (SSSR count). The Morgan fingerprint density at radius 3 is 2.31 bits per heavy atom. The average molecular weight is 527 g/mol. The van der Waals surface area contributed by atoms with Crippen molar-refractivity contribution >= 4 is 38.8 Å². The highest BCUT2D eigenvalue weighted by molar-refractivity contribution is 7.18. The normalized spacial score (nSPS) is 11.3. The van der Waals surface area contributed by atoms with Gasteiger partial charge in [0, 0.05) is 11.8 Å². The molecule has 0 bridgehead atoms. The maximum atomic E-state index is 14.3. The van der Waals surface area contributed by atoms with Gasteiger partial charge in [0.25, 0.3) is 5.56 Å². The van der Waals surface area contributed by atoms with Crippen molar-refractivity contribution in [2.24, 2.45) is 0 Å². The highest BCUT2D eigenvalue weighted by atomic mass is 32.1. The molecule has 0 saturated carbocycles. The molecule has 0 aliphatic carbocycles. The quantitative estimate of drug-likeness (QED) is 0.250. The fourth-order valence-corrected chi connectivity index (χ4v) is 5.74. The molecule has 0 amide bonds. The number of pyridine rings is 1. The fraction of sp³-hybridized carbons (Fsp3) is 0.0323. The largest absolute Gasteiger partial charge is 0.326 e. The number of benzene rings is 3. The van der Waals surface area contributed by atoms with E-state index in [1.165, 1.54) is 4.52 Å². The molecular formula is C31H22N6OS. The number of aromatic amines is 1. The van der Waals surface area contributed by atoms with Gasteiger partial charge in [0.2, 0.25) is 0 Å². The van der Waals surface area contributed by atoms with Crippen LogP contribution in [0.1, 0.15) is 5.01 Å². The second-order valence-corrected chi connectivity index (χ2v) is 10.4. The van der Waals surface area contributed by atoms with Crippen molar-refractivity contribution in [1.82, 2.24) is 24.6 Å². The molecule has 0 fully saturated rings. The lowest BCUT2D eigenvalue weighted by atomic mass is 10.0. The van der Waals surface area contributed by atoms with E-state index in [1.807, 2.05) is 104 Å². The van der Waals surface area contributed by atoms with Crippen molar-refractivity contribution in [3.05, 3.63) is 119 Å². The first kappa shape index (κ1) is 23.1. The third-order valence-corrected chi connectivity index (χ3v) is 7.53. The van der Waals surface area contributed by atoms with E-state index in [0.29, 0.717) is 22.8 Å². The summed E-state index contributed by atoms with van der Waals surface area (Å²) in [6.07, 6.45) is 1.71. The minimum atomic E-state index is -0.234. The number of aryl methyl sites for hydroxylation is 1. The van der Waals surface area contributed by atoms with E-state index in [-0.39, 0.29) is 5.56 Å². The van der Waals surface area contributed by atoms with Crippen LogP contribution in [-0.2, 0) is 0 Å². The van der Waals surface area contributed by atoms with Crippen LogP contribution in [0, 0.1) is 6.92 Å². The minimum Gasteiger partial charge on any atom is -0.326 e. The van der Waals surface area contributed by atoms with Crippen LogP contribution in [0.3, 0.4) is 0 Å². The predicted octanol–water partition coefficient (Wildman–Crippen LogP) is 7.08. The van der Waals surface area contributed by atoms with Crippen LogP contribution in [0.15, 0.2) is 108 Å². The number of anilines is 2. The smallest absolute Gasteiger partial charge is 0.284 e. The van der Waals surface area contributed by atoms with Crippen molar-refractivity contribution in [3.8, 4) is 33.5 Å². The number of rotatable bonds is 5. The zero-order chi connectivity index (χ0) is 26.3. The lowest BCUT2D eigenvalue weighted by molar-refractivity contribution is 0.907. The third-order valence-electron chi connectivity index (χ3n) is 6.60. The summed E-state index contributed by atoms with van der Waals surface area (Å²) in [7, 11) is 0. The van der Waals surface area contributed by atoms with Gasteiger partial charge in [0.1, 0.15) is 23.0 Å². The van der Waals surface area contributed by atoms with E-state index in [0.717, 1.165) is 43.2 Å². The van der Waals surface area contributed by atoms with Gasteiger partial charge in [-0.1, -0.05) is 72.8 Å². The van der Waals surface area contributed by atoms with Gasteiger partial charge in [-0.15, -0.1) is 11.3 Å². The molecule has 0 atom stereocenters. The Morgan fingerprint density at radius 1 is 0.821 bits per heavy atom. The minimum absolute atomic E-state index is 0.234. The van der Waals surface area contributed by atoms with Crippen molar-refractivity contribution in [2.75, 3.05) is 5.32 Å². The first-order chi connectivity index (χ1) is 19.2. The molecule has 0 unspecified atom stereocenters. The highest BCUT2D eigenvalue weighted by Crippen LogP contribution is 2.37. The molecule has 0 radical (unpaired) electrons. The molecule has 3 aromatic carbocycles. The molecule has 4 aromatic heterocycles. The summed E-state index contributed by atoms with van der Waals surface area (Å²) in [6, 6.07) is 31.5. The monoisotopic (exact) mass is 526 g/mol. The number of nitrogens with zero attached hydrogens (tertiary/aromatic N) is 4. The van der Waals surface area contributed by atoms with Gasteiger partial charge in [-0.05, 0) is 42.3 Å². The average Bonchev–Trinajstić information content (AvgIpc) is 3.54. The Bertz CT molecular complexity index is 2010. The zero-order valence-electron chi connectivity index (χ0n) is 20.9. The van der Waals surface area contributed by atoms with Gasteiger partial charge >= 0.3 is 0 Å². The summed E-state index contributed by atoms with van der Waals surface area (Å²) in [5.41, 5.74) is 5.98. The van der Waals surface area contributed by atoms with Crippen molar-refractivity contribution < 1.29 is 0 Å². The fourth-order valence-electron chi connectivity index (χ4n) is 4.87. The van der Waals surface area contributed by atoms with Crippen LogP contribution < -0.4 is 10.9 Å². The van der Waals surface area contributed by atoms with E-state index in [1.54, 1.807) is 17.5 Å². The second kappa shape index (κ2) is 9.34. The van der Waals surface area contributed by atoms with Crippen LogP contribution in [0.25, 0.3) is 49.4 Å². The standard InChI is InChI=1S/C31H22N6OS/c1-19-33-23-16-15-22(18-24(23)39-19)27-29(34-25-14-8-9-17-32-25)35-30-26(20-10-4-2-5-11-20)28(36-37(30)31(27)38)21-12-6-3-7-13-21/h2-18,35H,1H3,(H,32,34). The third kappa shape index (κ3) is 4.07. The molecular weight excluding hydrogens is 504 g/mol. The van der Waals surface area contributed by atoms with Gasteiger partial charge in [0.15, 0.2) is 0 Å². The van der Waals surface area contributed by atoms with Gasteiger partial charge in [-0.3, -0.25) is 4.79 Å². The van der Waals surface area contributed by atoms with Crippen molar-refractivity contribution in [1.29, 1.82) is 0 Å². The van der Waals surface area contributed by atoms with Crippen molar-refractivity contribution in [3.63, 3.8) is 0 Å². The summed E-state index contributed by atoms with van der Waals surface area (Å²) >= 11 is 1.60. The van der Waals surface area contributed by atoms with Crippen LogP contribution >= 0.6 is 11.3 Å². The zero-order valence-corrected chi connectivity index (χ0v) is 21.7. The summed E-state index contributed by atoms with van der Waals surface area (Å²) < 4.78 is 2.50. The lowest BCUT2D eigenvalue weighted by Crippen LogP contribution is -2.19. The van der Waals surface area contributed by atoms with Gasteiger partial charge in [0.05, 0.1) is 26.4 Å². The Labute approximate surface area is 227 Å². The van der Waals surface area contributed by atoms with Crippen molar-refractivity contribution in [2.45, 2.75) is 6.92 Å². The number of aromatic nitrogens is 5. The Kier molecular flexibility index (Phi) is 5.53. The topological polar surface area (TPSA) is 88.0 Å². The predicted molar refractivity (Wildman–Crippen MR) is 158 cm³/mol. The Balaban J connectivity index is 1.55. The summed E-state index contributed by atoms with van der Waals surface area (Å²) in [4.78, 5) is 26.9. The molecule has 0 saturated heterocycles. The summed E-state index contributed by atoms with van der Waals surface area (Å²) in [6.45, 7) is 1.98. The van der Waals surface area contributed by atoms with E-state index in [9.17, 15) is 4.79 Å². The summed E-state index contributed by atoms with van der Waals surface area (Å²) in [5, 5.41) is 9.22. The molecule has 4 heterocycles. The first-order valence-electron chi connectivity index (χ1n) is 12.5. The molecule has 2 N–H and O–H groups in total. The maximum Gasteiger partial charge on any atom is 0.284 e. The van der Waals surface area contributed by atoms with Crippen LogP contribution in [-0.4, -0.2) is 24.6 Å². The van der Waals surface area contributed by atoms with E-state index < -0.39 is 0 Å². The number of thiazole rings is 1.